The highest BCUT2D eigenvalue weighted by molar-refractivity contribution is 5.96. The minimum absolute atomic E-state index is 0.0275. The number of imidazole rings is 1. The molecule has 2 aliphatic rings. The van der Waals surface area contributed by atoms with Gasteiger partial charge in [-0.15, -0.1) is 0 Å². The van der Waals surface area contributed by atoms with E-state index in [9.17, 15) is 23.5 Å². The number of halogens is 2. The van der Waals surface area contributed by atoms with Crippen LogP contribution in [0.15, 0.2) is 48.9 Å². The second-order valence-electron chi connectivity index (χ2n) is 10.6. The molecule has 2 saturated heterocycles. The van der Waals surface area contributed by atoms with Crippen molar-refractivity contribution in [2.75, 3.05) is 45.2 Å². The summed E-state index contributed by atoms with van der Waals surface area (Å²) in [4.78, 5) is 38.3. The molecule has 2 amide bonds. The van der Waals surface area contributed by atoms with Crippen LogP contribution in [0.25, 0.3) is 16.9 Å². The van der Waals surface area contributed by atoms with Crippen LogP contribution in [0.3, 0.4) is 0 Å². The maximum atomic E-state index is 14.8. The second-order valence-corrected chi connectivity index (χ2v) is 10.6. The number of amides is 2. The number of carbonyl (C=O) groups is 2. The van der Waals surface area contributed by atoms with Crippen molar-refractivity contribution in [3.05, 3.63) is 71.7 Å². The van der Waals surface area contributed by atoms with Crippen LogP contribution < -0.4 is 15.4 Å². The molecule has 2 aromatic carbocycles. The quantitative estimate of drug-likeness (QED) is 0.313. The molecule has 0 saturated carbocycles. The van der Waals surface area contributed by atoms with Crippen molar-refractivity contribution in [3.63, 3.8) is 0 Å². The van der Waals surface area contributed by atoms with E-state index in [0.29, 0.717) is 67.6 Å². The van der Waals surface area contributed by atoms with E-state index in [2.05, 4.69) is 20.6 Å². The average Bonchev–Trinajstić information content (AvgIpc) is 3.65. The van der Waals surface area contributed by atoms with Gasteiger partial charge in [0.2, 0.25) is 11.7 Å². The minimum Gasteiger partial charge on any atom is -0.494 e. The Bertz CT molecular complexity index is 1700. The molecule has 0 aliphatic carbocycles. The van der Waals surface area contributed by atoms with Gasteiger partial charge in [0.1, 0.15) is 6.04 Å². The van der Waals surface area contributed by atoms with Crippen LogP contribution in [0.4, 0.5) is 20.3 Å². The lowest BCUT2D eigenvalue weighted by atomic mass is 10.1. The van der Waals surface area contributed by atoms with Crippen molar-refractivity contribution in [1.82, 2.24) is 29.5 Å². The Morgan fingerprint density at radius 3 is 2.53 bits per heavy atom. The molecule has 2 fully saturated rings. The lowest BCUT2D eigenvalue weighted by molar-refractivity contribution is -0.136. The summed E-state index contributed by atoms with van der Waals surface area (Å²) in [5.74, 6) is -2.17. The Hall–Kier alpha value is -4.62. The monoisotopic (exact) mass is 591 g/mol. The third kappa shape index (κ3) is 5.25. The highest BCUT2D eigenvalue weighted by Gasteiger charge is 2.36. The molecule has 0 bridgehead atoms. The van der Waals surface area contributed by atoms with Gasteiger partial charge in [0, 0.05) is 55.4 Å². The number of benzene rings is 2. The van der Waals surface area contributed by atoms with Gasteiger partial charge in [-0.2, -0.15) is 4.39 Å². The Kier molecular flexibility index (Phi) is 7.67. The van der Waals surface area contributed by atoms with Crippen molar-refractivity contribution in [2.24, 2.45) is 0 Å². The van der Waals surface area contributed by atoms with E-state index in [1.165, 1.54) is 31.6 Å². The molecule has 13 heteroatoms. The number of rotatable bonds is 6. The number of fused-ring (bicyclic) bond motifs is 1. The Balaban J connectivity index is 1.16. The van der Waals surface area contributed by atoms with Crippen LogP contribution in [-0.4, -0.2) is 93.1 Å². The fraction of sp³-hybridized carbons (Fsp3) is 0.333. The predicted octanol–water partition coefficient (Wildman–Crippen LogP) is 2.74. The molecule has 6 rings (SSSR count). The molecular weight excluding hydrogens is 560 g/mol. The Labute approximate surface area is 246 Å². The molecule has 3 N–H and O–H groups in total. The highest BCUT2D eigenvalue weighted by Crippen LogP contribution is 2.31. The summed E-state index contributed by atoms with van der Waals surface area (Å²) >= 11 is 0. The molecule has 224 valence electrons. The number of carbonyl (C=O) groups excluding carboxylic acids is 2. The first-order chi connectivity index (χ1) is 20.8. The standard InChI is InChI=1S/C30H31F2N7O4/c1-17-15-18(3-4-19(17)29(41)37-11-13-38(14-12-37)30(42)26-22(40)7-8-33-26)36-27-28-35-16-21(39(28)10-9-34-27)20-5-6-23(43-2)25(32)24(20)31/h3-6,9-10,15-16,22,26,33,40H,7-8,11-14H2,1-2H3,(H,34,36)/t22-,26+/m0/s1. The maximum absolute atomic E-state index is 14.8. The van der Waals surface area contributed by atoms with Crippen molar-refractivity contribution < 1.29 is 28.2 Å². The topological polar surface area (TPSA) is 124 Å². The SMILES string of the molecule is COc1ccc(-c2cnc3c(Nc4ccc(C(=O)N5CCN(C(=O)[C@@H]6NCC[C@@H]6O)CC5)c(C)c4)nccn23)c(F)c1F. The van der Waals surface area contributed by atoms with E-state index in [0.717, 1.165) is 5.56 Å². The predicted molar refractivity (Wildman–Crippen MR) is 154 cm³/mol. The summed E-state index contributed by atoms with van der Waals surface area (Å²) in [6.07, 6.45) is 4.45. The normalized spacial score (nSPS) is 18.7. The average molecular weight is 592 g/mol. The number of aliphatic hydroxyl groups excluding tert-OH is 1. The largest absolute Gasteiger partial charge is 0.494 e. The molecule has 0 unspecified atom stereocenters. The Morgan fingerprint density at radius 2 is 1.84 bits per heavy atom. The molecule has 0 radical (unpaired) electrons. The van der Waals surface area contributed by atoms with E-state index in [4.69, 9.17) is 4.74 Å². The number of methoxy groups -OCH3 is 1. The number of hydrogen-bond acceptors (Lipinski definition) is 8. The van der Waals surface area contributed by atoms with Gasteiger partial charge in [0.05, 0.1) is 25.1 Å². The highest BCUT2D eigenvalue weighted by atomic mass is 19.2. The summed E-state index contributed by atoms with van der Waals surface area (Å²) in [5.41, 5.74) is 2.73. The van der Waals surface area contributed by atoms with Crippen LogP contribution in [0, 0.1) is 18.6 Å². The first kappa shape index (κ1) is 28.5. The fourth-order valence-corrected chi connectivity index (χ4v) is 5.65. The van der Waals surface area contributed by atoms with Crippen LogP contribution in [0.2, 0.25) is 0 Å². The Morgan fingerprint density at radius 1 is 1.07 bits per heavy atom. The maximum Gasteiger partial charge on any atom is 0.254 e. The second kappa shape index (κ2) is 11.6. The smallest absolute Gasteiger partial charge is 0.254 e. The number of aliphatic hydroxyl groups is 1. The number of anilines is 2. The van der Waals surface area contributed by atoms with Crippen molar-refractivity contribution in [2.45, 2.75) is 25.5 Å². The molecule has 2 aromatic heterocycles. The summed E-state index contributed by atoms with van der Waals surface area (Å²) in [6.45, 7) is 4.07. The van der Waals surface area contributed by atoms with Crippen molar-refractivity contribution in [1.29, 1.82) is 0 Å². The lowest BCUT2D eigenvalue weighted by Gasteiger charge is -2.36. The zero-order chi connectivity index (χ0) is 30.2. The summed E-state index contributed by atoms with van der Waals surface area (Å²) in [7, 11) is 1.27. The van der Waals surface area contributed by atoms with Crippen molar-refractivity contribution in [3.8, 4) is 17.0 Å². The summed E-state index contributed by atoms with van der Waals surface area (Å²) < 4.78 is 35.7. The van der Waals surface area contributed by atoms with Gasteiger partial charge in [-0.25, -0.2) is 14.4 Å². The molecule has 2 atom stereocenters. The van der Waals surface area contributed by atoms with Gasteiger partial charge in [0.25, 0.3) is 5.91 Å². The van der Waals surface area contributed by atoms with Gasteiger partial charge in [0.15, 0.2) is 23.0 Å². The fourth-order valence-electron chi connectivity index (χ4n) is 5.65. The number of nitrogens with zero attached hydrogens (tertiary/aromatic N) is 5. The molecule has 43 heavy (non-hydrogen) atoms. The van der Waals surface area contributed by atoms with Crippen LogP contribution in [-0.2, 0) is 4.79 Å². The van der Waals surface area contributed by atoms with Crippen LogP contribution >= 0.6 is 0 Å². The third-order valence-electron chi connectivity index (χ3n) is 8.02. The zero-order valence-corrected chi connectivity index (χ0v) is 23.7. The number of ether oxygens (including phenoxy) is 1. The lowest BCUT2D eigenvalue weighted by Crippen LogP contribution is -2.56. The minimum atomic E-state index is -1.08. The third-order valence-corrected chi connectivity index (χ3v) is 8.02. The number of aromatic nitrogens is 3. The van der Waals surface area contributed by atoms with Gasteiger partial charge < -0.3 is 30.3 Å². The van der Waals surface area contributed by atoms with E-state index >= 15 is 0 Å². The van der Waals surface area contributed by atoms with Gasteiger partial charge in [-0.05, 0) is 55.8 Å². The van der Waals surface area contributed by atoms with Gasteiger partial charge in [-0.3, -0.25) is 14.0 Å². The van der Waals surface area contributed by atoms with Crippen molar-refractivity contribution >= 4 is 29.0 Å². The molecular formula is C30H31F2N7O4. The molecule has 4 aromatic rings. The van der Waals surface area contributed by atoms with E-state index < -0.39 is 23.8 Å². The number of piperazine rings is 1. The first-order valence-electron chi connectivity index (χ1n) is 14.0. The van der Waals surface area contributed by atoms with Crippen LogP contribution in [0.1, 0.15) is 22.3 Å². The molecule has 4 heterocycles. The molecule has 0 spiro atoms. The molecule has 11 nitrogen and oxygen atoms in total. The van der Waals surface area contributed by atoms with E-state index in [1.54, 1.807) is 32.5 Å². The number of hydrogen-bond donors (Lipinski definition) is 3. The van der Waals surface area contributed by atoms with Gasteiger partial charge >= 0.3 is 0 Å². The van der Waals surface area contributed by atoms with E-state index in [1.807, 2.05) is 13.0 Å². The van der Waals surface area contributed by atoms with E-state index in [-0.39, 0.29) is 23.1 Å². The number of aryl methyl sites for hydroxylation is 1. The first-order valence-corrected chi connectivity index (χ1v) is 14.0. The summed E-state index contributed by atoms with van der Waals surface area (Å²) in [6, 6.07) is 7.54. The number of nitrogens with one attached hydrogen (secondary N) is 2. The zero-order valence-electron chi connectivity index (χ0n) is 23.7. The van der Waals surface area contributed by atoms with Crippen LogP contribution in [0.5, 0.6) is 5.75 Å². The van der Waals surface area contributed by atoms with Gasteiger partial charge in [-0.1, -0.05) is 0 Å². The summed E-state index contributed by atoms with van der Waals surface area (Å²) in [5, 5.41) is 16.3. The molecule has 2 aliphatic heterocycles.